The summed E-state index contributed by atoms with van der Waals surface area (Å²) in [6.07, 6.45) is 1.02. The molecule has 1 heterocycles. The van der Waals surface area contributed by atoms with Crippen LogP contribution in [0.1, 0.15) is 19.2 Å². The Hall–Kier alpha value is -0.680. The average molecular weight is 187 g/mol. The lowest BCUT2D eigenvalue weighted by Gasteiger charge is -1.97. The van der Waals surface area contributed by atoms with Crippen LogP contribution >= 0.6 is 12.2 Å². The molecule has 0 bridgehead atoms. The van der Waals surface area contributed by atoms with Gasteiger partial charge in [-0.3, -0.25) is 9.78 Å². The maximum absolute atomic E-state index is 5.28. The first-order valence-corrected chi connectivity index (χ1v) is 4.34. The molecule has 68 valence electrons. The number of ether oxygens (including phenoxy) is 1. The summed E-state index contributed by atoms with van der Waals surface area (Å²) in [4.78, 5) is 4.08. The molecule has 0 spiro atoms. The van der Waals surface area contributed by atoms with E-state index in [9.17, 15) is 0 Å². The molecule has 0 amide bonds. The van der Waals surface area contributed by atoms with E-state index < -0.39 is 0 Å². The summed E-state index contributed by atoms with van der Waals surface area (Å²) in [5.41, 5.74) is 0. The third-order valence-corrected chi connectivity index (χ3v) is 1.77. The van der Waals surface area contributed by atoms with E-state index in [0.29, 0.717) is 11.4 Å². The summed E-state index contributed by atoms with van der Waals surface area (Å²) in [6.45, 7) is 3.34. The van der Waals surface area contributed by atoms with Gasteiger partial charge < -0.3 is 4.74 Å². The maximum Gasteiger partial charge on any atom is 0.215 e. The zero-order valence-corrected chi connectivity index (χ0v) is 8.15. The van der Waals surface area contributed by atoms with E-state index >= 15 is 0 Å². The Morgan fingerprint density at radius 1 is 1.67 bits per heavy atom. The maximum atomic E-state index is 5.28. The van der Waals surface area contributed by atoms with Crippen LogP contribution in [0.25, 0.3) is 0 Å². The summed E-state index contributed by atoms with van der Waals surface area (Å²) in [7, 11) is 1.83. The van der Waals surface area contributed by atoms with Gasteiger partial charge in [-0.2, -0.15) is 0 Å². The molecule has 0 aliphatic heterocycles. The first-order chi connectivity index (χ1) is 5.74. The van der Waals surface area contributed by atoms with Gasteiger partial charge in [0.05, 0.1) is 0 Å². The summed E-state index contributed by atoms with van der Waals surface area (Å²) in [5, 5.41) is 2.98. The monoisotopic (exact) mass is 187 g/mol. The van der Waals surface area contributed by atoms with Crippen molar-refractivity contribution < 1.29 is 4.74 Å². The predicted octanol–water partition coefficient (Wildman–Crippen LogP) is 1.40. The van der Waals surface area contributed by atoms with Gasteiger partial charge in [0.1, 0.15) is 12.4 Å². The number of aromatic amines is 1. The zero-order valence-electron chi connectivity index (χ0n) is 7.33. The van der Waals surface area contributed by atoms with Crippen LogP contribution in [0.5, 0.6) is 0 Å². The second-order valence-corrected chi connectivity index (χ2v) is 2.93. The predicted molar refractivity (Wildman–Crippen MR) is 48.3 cm³/mol. The average Bonchev–Trinajstić information content (AvgIpc) is 2.32. The van der Waals surface area contributed by atoms with E-state index in [4.69, 9.17) is 17.0 Å². The number of hydrogen-bond donors (Lipinski definition) is 1. The molecule has 0 fully saturated rings. The second kappa shape index (κ2) is 4.37. The van der Waals surface area contributed by atoms with Crippen molar-refractivity contribution in [2.45, 2.75) is 20.0 Å². The molecule has 0 saturated carbocycles. The normalized spacial score (nSPS) is 10.5. The van der Waals surface area contributed by atoms with Gasteiger partial charge in [0.15, 0.2) is 0 Å². The van der Waals surface area contributed by atoms with Crippen LogP contribution in [0, 0.1) is 4.77 Å². The summed E-state index contributed by atoms with van der Waals surface area (Å²) in [6, 6.07) is 0. The highest BCUT2D eigenvalue weighted by Gasteiger charge is 1.97. The van der Waals surface area contributed by atoms with Crippen molar-refractivity contribution in [1.82, 2.24) is 14.8 Å². The van der Waals surface area contributed by atoms with Crippen LogP contribution in [0.2, 0.25) is 0 Å². The van der Waals surface area contributed by atoms with Crippen LogP contribution in [0.3, 0.4) is 0 Å². The smallest absolute Gasteiger partial charge is 0.215 e. The molecule has 0 saturated heterocycles. The molecule has 0 aromatic carbocycles. The molecule has 0 aliphatic rings. The largest absolute Gasteiger partial charge is 0.373 e. The van der Waals surface area contributed by atoms with Gasteiger partial charge in [0.25, 0.3) is 0 Å². The number of H-pyrrole nitrogens is 1. The van der Waals surface area contributed by atoms with E-state index in [0.717, 1.165) is 18.9 Å². The topological polar surface area (TPSA) is 42.8 Å². The molecule has 5 heteroatoms. The van der Waals surface area contributed by atoms with E-state index in [1.165, 1.54) is 0 Å². The minimum Gasteiger partial charge on any atom is -0.373 e. The summed E-state index contributed by atoms with van der Waals surface area (Å²) < 4.78 is 7.54. The Morgan fingerprint density at radius 2 is 2.42 bits per heavy atom. The Bertz CT molecular complexity index is 291. The highest BCUT2D eigenvalue weighted by molar-refractivity contribution is 7.71. The Labute approximate surface area is 76.6 Å². The molecule has 1 aromatic heterocycles. The minimum atomic E-state index is 0.512. The Morgan fingerprint density at radius 3 is 2.92 bits per heavy atom. The molecule has 0 aliphatic carbocycles. The van der Waals surface area contributed by atoms with Crippen LogP contribution in [-0.2, 0) is 18.4 Å². The van der Waals surface area contributed by atoms with E-state index in [2.05, 4.69) is 17.0 Å². The molecule has 0 atom stereocenters. The van der Waals surface area contributed by atoms with Crippen LogP contribution in [0.4, 0.5) is 0 Å². The first kappa shape index (κ1) is 9.41. The van der Waals surface area contributed by atoms with Crippen molar-refractivity contribution in [2.24, 2.45) is 7.05 Å². The number of hydrogen-bond acceptors (Lipinski definition) is 3. The van der Waals surface area contributed by atoms with Crippen molar-refractivity contribution in [1.29, 1.82) is 0 Å². The fourth-order valence-electron chi connectivity index (χ4n) is 0.835. The van der Waals surface area contributed by atoms with Crippen LogP contribution in [0.15, 0.2) is 0 Å². The zero-order chi connectivity index (χ0) is 8.97. The molecular weight excluding hydrogens is 174 g/mol. The lowest BCUT2D eigenvalue weighted by Crippen LogP contribution is -1.97. The quantitative estimate of drug-likeness (QED) is 0.572. The molecule has 1 rings (SSSR count). The third-order valence-electron chi connectivity index (χ3n) is 1.40. The highest BCUT2D eigenvalue weighted by Crippen LogP contribution is 1.94. The number of rotatable bonds is 4. The summed E-state index contributed by atoms with van der Waals surface area (Å²) >= 11 is 4.92. The Balaban J connectivity index is 2.47. The Kier molecular flexibility index (Phi) is 3.43. The highest BCUT2D eigenvalue weighted by atomic mass is 32.1. The molecule has 0 unspecified atom stereocenters. The van der Waals surface area contributed by atoms with Crippen molar-refractivity contribution >= 4 is 12.2 Å². The van der Waals surface area contributed by atoms with Gasteiger partial charge in [0, 0.05) is 13.7 Å². The number of aryl methyl sites for hydroxylation is 1. The lowest BCUT2D eigenvalue weighted by atomic mass is 10.5. The lowest BCUT2D eigenvalue weighted by molar-refractivity contribution is 0.116. The standard InChI is InChI=1S/C7H13N3OS/c1-3-4-11-5-6-8-7(12)10(2)9-6/h3-5H2,1-2H3,(H,8,9,12). The van der Waals surface area contributed by atoms with Crippen molar-refractivity contribution in [2.75, 3.05) is 6.61 Å². The van der Waals surface area contributed by atoms with E-state index in [1.54, 1.807) is 4.68 Å². The van der Waals surface area contributed by atoms with Gasteiger partial charge in [-0.05, 0) is 18.6 Å². The van der Waals surface area contributed by atoms with Gasteiger partial charge in [-0.25, -0.2) is 4.98 Å². The van der Waals surface area contributed by atoms with Gasteiger partial charge in [-0.15, -0.1) is 0 Å². The first-order valence-electron chi connectivity index (χ1n) is 3.93. The van der Waals surface area contributed by atoms with Gasteiger partial charge in [0.2, 0.25) is 4.77 Å². The summed E-state index contributed by atoms with van der Waals surface area (Å²) in [5.74, 6) is 0.788. The van der Waals surface area contributed by atoms with Crippen LogP contribution < -0.4 is 0 Å². The molecule has 1 aromatic rings. The van der Waals surface area contributed by atoms with Crippen molar-refractivity contribution in [3.05, 3.63) is 10.6 Å². The number of nitrogens with one attached hydrogen (secondary N) is 1. The van der Waals surface area contributed by atoms with E-state index in [1.807, 2.05) is 7.05 Å². The van der Waals surface area contributed by atoms with Crippen LogP contribution in [-0.4, -0.2) is 21.4 Å². The second-order valence-electron chi connectivity index (χ2n) is 2.56. The van der Waals surface area contributed by atoms with Crippen molar-refractivity contribution in [3.63, 3.8) is 0 Å². The number of nitrogens with zero attached hydrogens (tertiary/aromatic N) is 2. The SMILES string of the molecule is CCCOCc1nc(=S)n(C)[nH]1. The van der Waals surface area contributed by atoms with E-state index in [-0.39, 0.29) is 0 Å². The van der Waals surface area contributed by atoms with Gasteiger partial charge in [-0.1, -0.05) is 6.92 Å². The molecular formula is C7H13N3OS. The molecule has 1 N–H and O–H groups in total. The fourth-order valence-corrected chi connectivity index (χ4v) is 0.990. The third kappa shape index (κ3) is 2.42. The minimum absolute atomic E-state index is 0.512. The number of aromatic nitrogens is 3. The molecule has 4 nitrogen and oxygen atoms in total. The molecule has 12 heavy (non-hydrogen) atoms. The van der Waals surface area contributed by atoms with Crippen molar-refractivity contribution in [3.8, 4) is 0 Å². The van der Waals surface area contributed by atoms with Gasteiger partial charge >= 0.3 is 0 Å². The molecule has 0 radical (unpaired) electrons. The fraction of sp³-hybridized carbons (Fsp3) is 0.714.